The number of carboxylic acids is 1. The summed E-state index contributed by atoms with van der Waals surface area (Å²) in [5, 5.41) is 23.7. The number of carbonyl (C=O) groups is 2. The summed E-state index contributed by atoms with van der Waals surface area (Å²) < 4.78 is 5.34. The molecule has 0 aliphatic heterocycles. The van der Waals surface area contributed by atoms with Crippen LogP contribution in [0.5, 0.6) is 11.5 Å². The number of anilines is 1. The molecule has 0 atom stereocenters. The van der Waals surface area contributed by atoms with Crippen LogP contribution in [0.1, 0.15) is 27.6 Å². The number of ether oxygens (including phenoxy) is 1. The van der Waals surface area contributed by atoms with E-state index in [9.17, 15) is 14.7 Å². The molecule has 1 amide bonds. The van der Waals surface area contributed by atoms with Crippen LogP contribution in [0.4, 0.5) is 5.69 Å². The highest BCUT2D eigenvalue weighted by molar-refractivity contribution is 7.80. The Morgan fingerprint density at radius 2 is 1.96 bits per heavy atom. The first-order valence-corrected chi connectivity index (χ1v) is 7.73. The molecule has 0 radical (unpaired) electrons. The second-order valence-electron chi connectivity index (χ2n) is 4.91. The van der Waals surface area contributed by atoms with Crippen LogP contribution in [0.15, 0.2) is 42.5 Å². The predicted molar refractivity (Wildman–Crippen MR) is 96.4 cm³/mol. The molecule has 8 heteroatoms. The van der Waals surface area contributed by atoms with Gasteiger partial charge in [-0.3, -0.25) is 10.1 Å². The van der Waals surface area contributed by atoms with Gasteiger partial charge in [0.1, 0.15) is 17.1 Å². The van der Waals surface area contributed by atoms with Gasteiger partial charge in [0.25, 0.3) is 5.91 Å². The maximum absolute atomic E-state index is 12.2. The molecule has 0 fully saturated rings. The van der Waals surface area contributed by atoms with Crippen LogP contribution in [-0.4, -0.2) is 33.8 Å². The monoisotopic (exact) mass is 360 g/mol. The number of hydrogen-bond donors (Lipinski definition) is 4. The second kappa shape index (κ2) is 8.11. The van der Waals surface area contributed by atoms with Crippen molar-refractivity contribution in [2.75, 3.05) is 11.9 Å². The molecule has 0 unspecified atom stereocenters. The van der Waals surface area contributed by atoms with Gasteiger partial charge in [-0.2, -0.15) is 0 Å². The molecule has 25 heavy (non-hydrogen) atoms. The third kappa shape index (κ3) is 4.92. The molecule has 2 rings (SSSR count). The van der Waals surface area contributed by atoms with Crippen LogP contribution in [0.25, 0.3) is 0 Å². The lowest BCUT2D eigenvalue weighted by Crippen LogP contribution is -2.34. The fourth-order valence-corrected chi connectivity index (χ4v) is 2.23. The minimum absolute atomic E-state index is 0.00570. The van der Waals surface area contributed by atoms with Crippen LogP contribution in [-0.2, 0) is 0 Å². The smallest absolute Gasteiger partial charge is 0.339 e. The van der Waals surface area contributed by atoms with Crippen molar-refractivity contribution in [3.63, 3.8) is 0 Å². The van der Waals surface area contributed by atoms with Gasteiger partial charge in [-0.1, -0.05) is 6.07 Å². The number of amides is 1. The summed E-state index contributed by atoms with van der Waals surface area (Å²) in [5.74, 6) is -1.50. The van der Waals surface area contributed by atoms with Gasteiger partial charge in [0.2, 0.25) is 0 Å². The van der Waals surface area contributed by atoms with E-state index in [1.54, 1.807) is 24.3 Å². The molecule has 7 nitrogen and oxygen atoms in total. The van der Waals surface area contributed by atoms with Crippen molar-refractivity contribution >= 4 is 34.9 Å². The largest absolute Gasteiger partial charge is 0.507 e. The predicted octanol–water partition coefficient (Wildman–Crippen LogP) is 2.62. The zero-order chi connectivity index (χ0) is 18.4. The summed E-state index contributed by atoms with van der Waals surface area (Å²) in [5.41, 5.74) is 0.416. The topological polar surface area (TPSA) is 108 Å². The van der Waals surface area contributed by atoms with Gasteiger partial charge in [0.05, 0.1) is 6.61 Å². The fraction of sp³-hybridized carbons (Fsp3) is 0.118. The Balaban J connectivity index is 2.05. The molecule has 0 aliphatic rings. The number of carboxylic acid groups (broad SMARTS) is 1. The Hall–Kier alpha value is -3.13. The van der Waals surface area contributed by atoms with Crippen LogP contribution < -0.4 is 15.4 Å². The van der Waals surface area contributed by atoms with Crippen molar-refractivity contribution in [1.82, 2.24) is 5.32 Å². The number of aromatic carboxylic acids is 1. The summed E-state index contributed by atoms with van der Waals surface area (Å²) >= 11 is 5.05. The van der Waals surface area contributed by atoms with Crippen LogP contribution in [0.2, 0.25) is 0 Å². The van der Waals surface area contributed by atoms with Gasteiger partial charge in [-0.25, -0.2) is 4.79 Å². The van der Waals surface area contributed by atoms with Gasteiger partial charge < -0.3 is 20.3 Å². The van der Waals surface area contributed by atoms with Gasteiger partial charge >= 0.3 is 5.97 Å². The third-order valence-electron chi connectivity index (χ3n) is 3.12. The Bertz CT molecular complexity index is 822. The summed E-state index contributed by atoms with van der Waals surface area (Å²) in [4.78, 5) is 23.2. The molecule has 2 aromatic rings. The average molecular weight is 360 g/mol. The van der Waals surface area contributed by atoms with E-state index in [0.29, 0.717) is 23.6 Å². The maximum atomic E-state index is 12.2. The van der Waals surface area contributed by atoms with Gasteiger partial charge in [-0.15, -0.1) is 0 Å². The molecular formula is C17H16N2O5S. The first kappa shape index (κ1) is 18.2. The van der Waals surface area contributed by atoms with Crippen LogP contribution in [0.3, 0.4) is 0 Å². The van der Waals surface area contributed by atoms with Crippen LogP contribution >= 0.6 is 12.2 Å². The lowest BCUT2D eigenvalue weighted by atomic mass is 10.2. The van der Waals surface area contributed by atoms with E-state index in [0.717, 1.165) is 0 Å². The lowest BCUT2D eigenvalue weighted by molar-refractivity contribution is 0.0693. The number of phenols is 1. The highest BCUT2D eigenvalue weighted by Gasteiger charge is 2.12. The maximum Gasteiger partial charge on any atom is 0.339 e. The Kier molecular flexibility index (Phi) is 5.91. The van der Waals surface area contributed by atoms with E-state index in [1.807, 2.05) is 6.92 Å². The van der Waals surface area contributed by atoms with Crippen LogP contribution in [0, 0.1) is 0 Å². The van der Waals surface area contributed by atoms with Crippen molar-refractivity contribution in [2.24, 2.45) is 0 Å². The molecule has 0 heterocycles. The number of hydrogen-bond acceptors (Lipinski definition) is 5. The zero-order valence-corrected chi connectivity index (χ0v) is 14.1. The molecule has 0 saturated carbocycles. The lowest BCUT2D eigenvalue weighted by Gasteiger charge is -2.11. The molecule has 0 bridgehead atoms. The highest BCUT2D eigenvalue weighted by Crippen LogP contribution is 2.21. The number of thiocarbonyl (C=S) groups is 1. The van der Waals surface area contributed by atoms with E-state index < -0.39 is 11.9 Å². The highest BCUT2D eigenvalue weighted by atomic mass is 32.1. The van der Waals surface area contributed by atoms with E-state index >= 15 is 0 Å². The van der Waals surface area contributed by atoms with Gasteiger partial charge in [-0.05, 0) is 55.5 Å². The molecule has 2 aromatic carbocycles. The number of aromatic hydroxyl groups is 1. The molecule has 130 valence electrons. The molecule has 0 spiro atoms. The minimum Gasteiger partial charge on any atom is -0.507 e. The first-order chi connectivity index (χ1) is 11.9. The molecule has 4 N–H and O–H groups in total. The third-order valence-corrected chi connectivity index (χ3v) is 3.32. The van der Waals surface area contributed by atoms with E-state index in [1.165, 1.54) is 18.2 Å². The van der Waals surface area contributed by atoms with Crippen molar-refractivity contribution in [2.45, 2.75) is 6.92 Å². The van der Waals surface area contributed by atoms with E-state index in [4.69, 9.17) is 22.1 Å². The minimum atomic E-state index is -1.27. The van der Waals surface area contributed by atoms with E-state index in [-0.39, 0.29) is 16.4 Å². The summed E-state index contributed by atoms with van der Waals surface area (Å²) in [6.07, 6.45) is 0. The summed E-state index contributed by atoms with van der Waals surface area (Å²) in [7, 11) is 0. The zero-order valence-electron chi connectivity index (χ0n) is 13.3. The van der Waals surface area contributed by atoms with Gasteiger partial charge in [0, 0.05) is 11.3 Å². The molecule has 0 aliphatic carbocycles. The van der Waals surface area contributed by atoms with E-state index in [2.05, 4.69) is 10.6 Å². The molecule has 0 aromatic heterocycles. The SMILES string of the molecule is CCOc1cccc(C(=O)NC(=S)Nc2ccc(O)c(C(=O)O)c2)c1. The Morgan fingerprint density at radius 3 is 2.64 bits per heavy atom. The summed E-state index contributed by atoms with van der Waals surface area (Å²) in [6.45, 7) is 2.33. The number of carbonyl (C=O) groups excluding carboxylic acids is 1. The van der Waals surface area contributed by atoms with Crippen molar-refractivity contribution < 1.29 is 24.5 Å². The standard InChI is InChI=1S/C17H16N2O5S/c1-2-24-12-5-3-4-10(8-12)15(21)19-17(25)18-11-6-7-14(20)13(9-11)16(22)23/h3-9,20H,2H2,1H3,(H,22,23)(H2,18,19,21,25). The van der Waals surface area contributed by atoms with Crippen molar-refractivity contribution in [1.29, 1.82) is 0 Å². The Labute approximate surface area is 149 Å². The fourth-order valence-electron chi connectivity index (χ4n) is 2.02. The normalized spacial score (nSPS) is 9.96. The second-order valence-corrected chi connectivity index (χ2v) is 5.31. The van der Waals surface area contributed by atoms with Crippen molar-refractivity contribution in [3.8, 4) is 11.5 Å². The summed E-state index contributed by atoms with van der Waals surface area (Å²) in [6, 6.07) is 10.5. The number of nitrogens with one attached hydrogen (secondary N) is 2. The number of benzene rings is 2. The Morgan fingerprint density at radius 1 is 1.20 bits per heavy atom. The quantitative estimate of drug-likeness (QED) is 0.479. The molecule has 0 saturated heterocycles. The molecular weight excluding hydrogens is 344 g/mol. The number of rotatable bonds is 5. The average Bonchev–Trinajstić information content (AvgIpc) is 2.57. The van der Waals surface area contributed by atoms with Gasteiger partial charge in [0.15, 0.2) is 5.11 Å². The van der Waals surface area contributed by atoms with Crippen molar-refractivity contribution in [3.05, 3.63) is 53.6 Å². The first-order valence-electron chi connectivity index (χ1n) is 7.32.